The normalized spacial score (nSPS) is 10.6. The molecule has 3 heteroatoms. The minimum Gasteiger partial charge on any atom is -0.236 e. The molecule has 4 aromatic rings. The molecule has 25 heavy (non-hydrogen) atoms. The van der Waals surface area contributed by atoms with Gasteiger partial charge in [-0.3, -0.25) is 0 Å². The molecular weight excluding hydrogens is 328 g/mol. The molecule has 0 saturated carbocycles. The highest BCUT2D eigenvalue weighted by Gasteiger charge is 2.16. The maximum Gasteiger partial charge on any atom is 0.116 e. The van der Waals surface area contributed by atoms with Crippen LogP contribution >= 0.6 is 11.6 Å². The van der Waals surface area contributed by atoms with Crippen LogP contribution < -0.4 is 0 Å². The van der Waals surface area contributed by atoms with Gasteiger partial charge in [0.2, 0.25) is 0 Å². The van der Waals surface area contributed by atoms with E-state index in [0.717, 1.165) is 33.6 Å². The van der Waals surface area contributed by atoms with E-state index in [1.807, 2.05) is 60.7 Å². The number of aromatic nitrogens is 2. The van der Waals surface area contributed by atoms with Crippen molar-refractivity contribution in [1.82, 2.24) is 9.97 Å². The lowest BCUT2D eigenvalue weighted by Gasteiger charge is -2.14. The van der Waals surface area contributed by atoms with Gasteiger partial charge in [-0.05, 0) is 17.7 Å². The van der Waals surface area contributed by atoms with Crippen molar-refractivity contribution in [3.05, 3.63) is 96.3 Å². The van der Waals surface area contributed by atoms with Gasteiger partial charge in [-0.25, -0.2) is 9.97 Å². The summed E-state index contributed by atoms with van der Waals surface area (Å²) in [7, 11) is 0. The van der Waals surface area contributed by atoms with Crippen molar-refractivity contribution in [1.29, 1.82) is 0 Å². The lowest BCUT2D eigenvalue weighted by molar-refractivity contribution is 1.18. The first kappa shape index (κ1) is 15.6. The van der Waals surface area contributed by atoms with Crippen molar-refractivity contribution in [3.63, 3.8) is 0 Å². The molecule has 2 nitrogen and oxygen atoms in total. The van der Waals surface area contributed by atoms with Crippen LogP contribution in [0.25, 0.3) is 33.6 Å². The quantitative estimate of drug-likeness (QED) is 0.447. The van der Waals surface area contributed by atoms with E-state index < -0.39 is 0 Å². The van der Waals surface area contributed by atoms with E-state index in [-0.39, 0.29) is 0 Å². The van der Waals surface area contributed by atoms with Crippen LogP contribution in [-0.2, 0) is 0 Å². The van der Waals surface area contributed by atoms with Crippen LogP contribution in [0.2, 0.25) is 5.02 Å². The zero-order valence-corrected chi connectivity index (χ0v) is 14.2. The molecule has 120 valence electrons. The summed E-state index contributed by atoms with van der Waals surface area (Å²) in [6, 6.07) is 28.2. The lowest BCUT2D eigenvalue weighted by atomic mass is 9.94. The molecule has 4 rings (SSSR count). The molecule has 0 aliphatic heterocycles. The molecule has 0 N–H and O–H groups in total. The minimum atomic E-state index is 0.711. The van der Waals surface area contributed by atoms with Gasteiger partial charge in [-0.2, -0.15) is 0 Å². The van der Waals surface area contributed by atoms with Gasteiger partial charge in [0, 0.05) is 21.7 Å². The van der Waals surface area contributed by atoms with Gasteiger partial charge >= 0.3 is 0 Å². The van der Waals surface area contributed by atoms with Gasteiger partial charge in [-0.15, -0.1) is 0 Å². The number of rotatable bonds is 3. The second-order valence-corrected chi connectivity index (χ2v) is 6.12. The second kappa shape index (κ2) is 6.88. The van der Waals surface area contributed by atoms with Crippen LogP contribution in [0.1, 0.15) is 0 Å². The molecule has 0 unspecified atom stereocenters. The zero-order chi connectivity index (χ0) is 17.1. The van der Waals surface area contributed by atoms with E-state index in [9.17, 15) is 0 Å². The van der Waals surface area contributed by atoms with E-state index in [1.54, 1.807) is 6.33 Å². The van der Waals surface area contributed by atoms with E-state index in [0.29, 0.717) is 5.02 Å². The SMILES string of the molecule is Clc1ccc(-c2c(-c3ccccc3)ncnc2-c2ccccc2)cc1. The molecule has 0 aliphatic carbocycles. The number of hydrogen-bond donors (Lipinski definition) is 0. The van der Waals surface area contributed by atoms with Crippen molar-refractivity contribution < 1.29 is 0 Å². The van der Waals surface area contributed by atoms with Gasteiger partial charge in [0.25, 0.3) is 0 Å². The Balaban J connectivity index is 2.01. The third-order valence-corrected chi connectivity index (χ3v) is 4.33. The average Bonchev–Trinajstić information content (AvgIpc) is 2.69. The molecule has 1 heterocycles. The Bertz CT molecular complexity index is 924. The Morgan fingerprint density at radius 2 is 1.00 bits per heavy atom. The van der Waals surface area contributed by atoms with Crippen LogP contribution in [0.3, 0.4) is 0 Å². The maximum absolute atomic E-state index is 6.08. The second-order valence-electron chi connectivity index (χ2n) is 5.68. The molecular formula is C22H15ClN2. The smallest absolute Gasteiger partial charge is 0.116 e. The fraction of sp³-hybridized carbons (Fsp3) is 0. The summed E-state index contributed by atoms with van der Waals surface area (Å²) in [6.45, 7) is 0. The highest BCUT2D eigenvalue weighted by Crippen LogP contribution is 2.37. The standard InChI is InChI=1S/C22H15ClN2/c23-19-13-11-16(12-14-19)20-21(17-7-3-1-4-8-17)24-15-25-22(20)18-9-5-2-6-10-18/h1-15H. The average molecular weight is 343 g/mol. The van der Waals surface area contributed by atoms with Crippen molar-refractivity contribution in [2.75, 3.05) is 0 Å². The van der Waals surface area contributed by atoms with Gasteiger partial charge in [0.15, 0.2) is 0 Å². The number of nitrogens with zero attached hydrogens (tertiary/aromatic N) is 2. The summed E-state index contributed by atoms with van der Waals surface area (Å²) in [5.41, 5.74) is 6.01. The van der Waals surface area contributed by atoms with Crippen molar-refractivity contribution in [3.8, 4) is 33.6 Å². The Morgan fingerprint density at radius 1 is 0.520 bits per heavy atom. The summed E-state index contributed by atoms with van der Waals surface area (Å²) < 4.78 is 0. The van der Waals surface area contributed by atoms with E-state index in [1.165, 1.54) is 0 Å². The fourth-order valence-electron chi connectivity index (χ4n) is 2.91. The number of halogens is 1. The van der Waals surface area contributed by atoms with Crippen molar-refractivity contribution >= 4 is 11.6 Å². The molecule has 0 aliphatic rings. The molecule has 0 fully saturated rings. The first-order valence-corrected chi connectivity index (χ1v) is 8.42. The lowest BCUT2D eigenvalue weighted by Crippen LogP contribution is -1.96. The first-order valence-electron chi connectivity index (χ1n) is 8.05. The predicted molar refractivity (Wildman–Crippen MR) is 103 cm³/mol. The van der Waals surface area contributed by atoms with Gasteiger partial charge in [0.1, 0.15) is 6.33 Å². The highest BCUT2D eigenvalue weighted by molar-refractivity contribution is 6.30. The number of hydrogen-bond acceptors (Lipinski definition) is 2. The van der Waals surface area contributed by atoms with Crippen molar-refractivity contribution in [2.24, 2.45) is 0 Å². The minimum absolute atomic E-state index is 0.711. The highest BCUT2D eigenvalue weighted by atomic mass is 35.5. The predicted octanol–water partition coefficient (Wildman–Crippen LogP) is 6.13. The molecule has 0 atom stereocenters. The monoisotopic (exact) mass is 342 g/mol. The maximum atomic E-state index is 6.08. The molecule has 0 bridgehead atoms. The van der Waals surface area contributed by atoms with Crippen LogP contribution in [-0.4, -0.2) is 9.97 Å². The Labute approximate surface area is 151 Å². The van der Waals surface area contributed by atoms with Gasteiger partial charge in [-0.1, -0.05) is 84.4 Å². The summed E-state index contributed by atoms with van der Waals surface area (Å²) in [6.07, 6.45) is 1.63. The van der Waals surface area contributed by atoms with Crippen molar-refractivity contribution in [2.45, 2.75) is 0 Å². The summed E-state index contributed by atoms with van der Waals surface area (Å²) in [4.78, 5) is 9.18. The van der Waals surface area contributed by atoms with Gasteiger partial charge < -0.3 is 0 Å². The zero-order valence-electron chi connectivity index (χ0n) is 13.4. The van der Waals surface area contributed by atoms with Crippen LogP contribution in [0, 0.1) is 0 Å². The van der Waals surface area contributed by atoms with Crippen LogP contribution in [0.5, 0.6) is 0 Å². The molecule has 0 radical (unpaired) electrons. The Morgan fingerprint density at radius 3 is 1.48 bits per heavy atom. The van der Waals surface area contributed by atoms with Gasteiger partial charge in [0.05, 0.1) is 11.4 Å². The topological polar surface area (TPSA) is 25.8 Å². The number of benzene rings is 3. The molecule has 0 spiro atoms. The molecule has 1 aromatic heterocycles. The summed E-state index contributed by atoms with van der Waals surface area (Å²) >= 11 is 6.08. The van der Waals surface area contributed by atoms with E-state index >= 15 is 0 Å². The Hall–Kier alpha value is -2.97. The fourth-order valence-corrected chi connectivity index (χ4v) is 3.03. The Kier molecular flexibility index (Phi) is 4.28. The molecule has 0 amide bonds. The van der Waals surface area contributed by atoms with E-state index in [2.05, 4.69) is 34.2 Å². The first-order chi connectivity index (χ1) is 12.3. The van der Waals surface area contributed by atoms with E-state index in [4.69, 9.17) is 11.6 Å². The molecule has 3 aromatic carbocycles. The van der Waals surface area contributed by atoms with Crippen LogP contribution in [0.4, 0.5) is 0 Å². The third kappa shape index (κ3) is 3.17. The summed E-state index contributed by atoms with van der Waals surface area (Å²) in [5, 5.41) is 0.711. The summed E-state index contributed by atoms with van der Waals surface area (Å²) in [5.74, 6) is 0. The largest absolute Gasteiger partial charge is 0.236 e. The molecule has 0 saturated heterocycles. The third-order valence-electron chi connectivity index (χ3n) is 4.07. The van der Waals surface area contributed by atoms with Crippen LogP contribution in [0.15, 0.2) is 91.3 Å².